The lowest BCUT2D eigenvalue weighted by Crippen LogP contribution is -2.52. The quantitative estimate of drug-likeness (QED) is 0.198. The van der Waals surface area contributed by atoms with Gasteiger partial charge in [-0.2, -0.15) is 5.06 Å². The van der Waals surface area contributed by atoms with Crippen molar-refractivity contribution in [2.45, 2.75) is 44.0 Å². The highest BCUT2D eigenvalue weighted by Gasteiger charge is 2.80. The van der Waals surface area contributed by atoms with Crippen molar-refractivity contribution in [1.29, 1.82) is 0 Å². The Hall–Kier alpha value is -3.48. The third-order valence-electron chi connectivity index (χ3n) is 6.38. The van der Waals surface area contributed by atoms with Gasteiger partial charge in [-0.3, -0.25) is 14.4 Å². The van der Waals surface area contributed by atoms with Crippen LogP contribution >= 0.6 is 10.2 Å². The monoisotopic (exact) mass is 584 g/mol. The average Bonchev–Trinajstić information content (AvgIpc) is 3.30. The Morgan fingerprint density at radius 1 is 0.800 bits per heavy atom. The number of nitrogens with zero attached hydrogens (tertiary/aromatic N) is 2. The average molecular weight is 585 g/mol. The van der Waals surface area contributed by atoms with Gasteiger partial charge in [0.25, 0.3) is 16.1 Å². The summed E-state index contributed by atoms with van der Waals surface area (Å²) in [5.41, 5.74) is 1.52. The minimum atomic E-state index is -10.6. The van der Waals surface area contributed by atoms with E-state index in [9.17, 15) is 29.0 Å². The van der Waals surface area contributed by atoms with Gasteiger partial charge in [-0.1, -0.05) is 110 Å². The van der Waals surface area contributed by atoms with Crippen molar-refractivity contribution in [2.24, 2.45) is 0 Å². The van der Waals surface area contributed by atoms with Crippen molar-refractivity contribution in [3.63, 3.8) is 0 Å². The van der Waals surface area contributed by atoms with E-state index < -0.39 is 46.0 Å². The number of carbonyl (C=O) groups is 2. The van der Waals surface area contributed by atoms with Crippen LogP contribution in [0.2, 0.25) is 0 Å². The number of rotatable bonds is 10. The van der Waals surface area contributed by atoms with E-state index in [-0.39, 0.29) is 19.7 Å². The molecule has 4 rings (SSSR count). The number of ether oxygens (including phenoxy) is 1. The molecule has 0 spiro atoms. The zero-order valence-electron chi connectivity index (χ0n) is 21.5. The van der Waals surface area contributed by atoms with E-state index in [1.165, 1.54) is 19.1 Å². The second-order valence-electron chi connectivity index (χ2n) is 9.44. The van der Waals surface area contributed by atoms with Crippen LogP contribution in [0.25, 0.3) is 0 Å². The van der Waals surface area contributed by atoms with Crippen LogP contribution in [0.5, 0.6) is 0 Å². The van der Waals surface area contributed by atoms with Crippen LogP contribution in [0.4, 0.5) is 19.4 Å². The molecular weight excluding hydrogens is 555 g/mol. The maximum atomic E-state index is 14.7. The normalized spacial score (nSPS) is 21.3. The molecule has 0 N–H and O–H groups in total. The molecule has 1 heterocycles. The number of hydrogen-bond acceptors (Lipinski definition) is 5. The fraction of sp³-hybridized carbons (Fsp3) is 0.286. The molecule has 1 aliphatic heterocycles. The SMILES string of the molecule is CCOC(=O)[C@H]1[C@@H](S(F)(F)(F)(F)F)[C@H](C(=O)N(Cc2ccccc2)Cc2ccccc2)ON1Cc1ccccc1. The maximum absolute atomic E-state index is 14.7. The summed E-state index contributed by atoms with van der Waals surface area (Å²) in [6.07, 6.45) is -2.72. The molecule has 12 heteroatoms. The van der Waals surface area contributed by atoms with Gasteiger partial charge in [0.15, 0.2) is 17.4 Å². The molecule has 0 unspecified atom stereocenters. The third kappa shape index (κ3) is 7.18. The van der Waals surface area contributed by atoms with Crippen LogP contribution < -0.4 is 0 Å². The molecule has 0 saturated carbocycles. The summed E-state index contributed by atoms with van der Waals surface area (Å²) in [6, 6.07) is 22.1. The zero-order valence-corrected chi connectivity index (χ0v) is 22.4. The Labute approximate surface area is 229 Å². The molecule has 0 aromatic heterocycles. The van der Waals surface area contributed by atoms with Crippen LogP contribution in [0.15, 0.2) is 91.0 Å². The second-order valence-corrected chi connectivity index (χ2v) is 12.0. The van der Waals surface area contributed by atoms with Crippen molar-refractivity contribution < 1.29 is 38.6 Å². The molecule has 3 aromatic rings. The Balaban J connectivity index is 1.78. The largest absolute Gasteiger partial charge is 0.465 e. The molecule has 6 nitrogen and oxygen atoms in total. The van der Waals surface area contributed by atoms with Crippen LogP contribution in [0, 0.1) is 0 Å². The van der Waals surface area contributed by atoms with Gasteiger partial charge in [0.05, 0.1) is 13.2 Å². The first-order valence-electron chi connectivity index (χ1n) is 12.5. The minimum absolute atomic E-state index is 0.176. The van der Waals surface area contributed by atoms with Crippen molar-refractivity contribution in [1.82, 2.24) is 9.96 Å². The number of amides is 1. The molecule has 1 fully saturated rings. The summed E-state index contributed by atoms with van der Waals surface area (Å²) >= 11 is 0. The molecule has 3 atom stereocenters. The van der Waals surface area contributed by atoms with Gasteiger partial charge in [-0.15, -0.1) is 0 Å². The summed E-state index contributed by atoms with van der Waals surface area (Å²) in [5.74, 6) is -2.87. The van der Waals surface area contributed by atoms with Crippen molar-refractivity contribution >= 4 is 22.1 Å². The molecule has 0 aliphatic carbocycles. The smallest absolute Gasteiger partial charge is 0.327 e. The Kier molecular flexibility index (Phi) is 7.99. The highest BCUT2D eigenvalue weighted by molar-refractivity contribution is 8.46. The van der Waals surface area contributed by atoms with Gasteiger partial charge in [0.2, 0.25) is 0 Å². The van der Waals surface area contributed by atoms with Gasteiger partial charge < -0.3 is 9.64 Å². The highest BCUT2D eigenvalue weighted by atomic mass is 32.5. The summed E-state index contributed by atoms with van der Waals surface area (Å²) < 4.78 is 78.4. The first-order chi connectivity index (χ1) is 18.8. The first-order valence-corrected chi connectivity index (χ1v) is 14.5. The van der Waals surface area contributed by atoms with Gasteiger partial charge in [0, 0.05) is 13.1 Å². The lowest BCUT2D eigenvalue weighted by atomic mass is 10.1. The summed E-state index contributed by atoms with van der Waals surface area (Å²) in [4.78, 5) is 33.1. The van der Waals surface area contributed by atoms with E-state index in [0.717, 1.165) is 4.90 Å². The Bertz CT molecular complexity index is 1270. The van der Waals surface area contributed by atoms with Crippen molar-refractivity contribution in [2.75, 3.05) is 6.61 Å². The fourth-order valence-corrected chi connectivity index (χ4v) is 6.01. The topological polar surface area (TPSA) is 59.1 Å². The molecule has 1 saturated heterocycles. The molecule has 216 valence electrons. The predicted octanol–water partition coefficient (Wildman–Crippen LogP) is 6.63. The number of hydrogen-bond donors (Lipinski definition) is 0. The van der Waals surface area contributed by atoms with Gasteiger partial charge >= 0.3 is 5.97 Å². The van der Waals surface area contributed by atoms with Crippen molar-refractivity contribution in [3.8, 4) is 0 Å². The lowest BCUT2D eigenvalue weighted by Gasteiger charge is -2.48. The molecular formula is C28H29F5N2O4S. The van der Waals surface area contributed by atoms with Gasteiger partial charge in [-0.25, -0.2) is 0 Å². The number of esters is 1. The number of carbonyl (C=O) groups excluding carboxylic acids is 2. The molecule has 0 bridgehead atoms. The number of benzene rings is 3. The van der Waals surface area contributed by atoms with E-state index in [0.29, 0.717) is 21.8 Å². The highest BCUT2D eigenvalue weighted by Crippen LogP contribution is 3.01. The van der Waals surface area contributed by atoms with Crippen molar-refractivity contribution in [3.05, 3.63) is 108 Å². The fourth-order valence-electron chi connectivity index (χ4n) is 4.64. The van der Waals surface area contributed by atoms with Gasteiger partial charge in [-0.05, 0) is 23.6 Å². The standard InChI is InChI=1S/C28H29F5N2O4S/c1-2-38-28(37)24-26(40(29,30,31,32)33)25(39-35(24)20-23-16-10-5-11-17-23)27(36)34(18-21-12-6-3-7-13-21)19-22-14-8-4-9-15-22/h3-17,24-26H,2,18-20H2,1H3/t24-,25-,26-/m1/s1. The van der Waals surface area contributed by atoms with Crippen LogP contribution in [0.3, 0.4) is 0 Å². The Morgan fingerprint density at radius 2 is 1.25 bits per heavy atom. The number of halogens is 5. The molecule has 3 aromatic carbocycles. The minimum Gasteiger partial charge on any atom is -0.465 e. The van der Waals surface area contributed by atoms with E-state index >= 15 is 0 Å². The molecule has 40 heavy (non-hydrogen) atoms. The summed E-state index contributed by atoms with van der Waals surface area (Å²) in [6.45, 7) is 0.173. The molecule has 0 radical (unpaired) electrons. The Morgan fingerprint density at radius 3 is 1.68 bits per heavy atom. The van der Waals surface area contributed by atoms with E-state index in [1.807, 2.05) is 0 Å². The second kappa shape index (κ2) is 10.8. The molecule has 1 amide bonds. The predicted molar refractivity (Wildman–Crippen MR) is 141 cm³/mol. The van der Waals surface area contributed by atoms with Crippen LogP contribution in [-0.2, 0) is 38.8 Å². The van der Waals surface area contributed by atoms with Crippen LogP contribution in [0.1, 0.15) is 23.6 Å². The first kappa shape index (κ1) is 29.5. The summed E-state index contributed by atoms with van der Waals surface area (Å²) in [5, 5.41) is -3.23. The lowest BCUT2D eigenvalue weighted by molar-refractivity contribution is -0.194. The zero-order chi connectivity index (χ0) is 29.0. The van der Waals surface area contributed by atoms with E-state index in [4.69, 9.17) is 9.57 Å². The van der Waals surface area contributed by atoms with Crippen LogP contribution in [-0.4, -0.2) is 45.8 Å². The van der Waals surface area contributed by atoms with Gasteiger partial charge in [0.1, 0.15) is 0 Å². The van der Waals surface area contributed by atoms with E-state index in [2.05, 4.69) is 0 Å². The summed E-state index contributed by atoms with van der Waals surface area (Å²) in [7, 11) is -10.6. The maximum Gasteiger partial charge on any atom is 0.327 e. The molecule has 1 aliphatic rings. The third-order valence-corrected chi connectivity index (χ3v) is 7.91. The van der Waals surface area contributed by atoms with E-state index in [1.54, 1.807) is 78.9 Å². The number of hydroxylamine groups is 2.